The molecular formula is C13H19NO2S. The zero-order valence-corrected chi connectivity index (χ0v) is 11.1. The van der Waals surface area contributed by atoms with Crippen LogP contribution >= 0.6 is 12.6 Å². The monoisotopic (exact) mass is 253 g/mol. The number of furan rings is 1. The summed E-state index contributed by atoms with van der Waals surface area (Å²) in [6, 6.07) is 3.76. The zero-order valence-electron chi connectivity index (χ0n) is 10.2. The number of thiol groups is 1. The van der Waals surface area contributed by atoms with Gasteiger partial charge in [-0.2, -0.15) is 12.6 Å². The van der Waals surface area contributed by atoms with Gasteiger partial charge in [0.1, 0.15) is 5.76 Å². The van der Waals surface area contributed by atoms with Gasteiger partial charge in [-0.1, -0.05) is 0 Å². The SMILES string of the molecule is CCN(Cc1ccco1)C(=O)CC1(CS)CC1. The van der Waals surface area contributed by atoms with E-state index in [0.717, 1.165) is 30.9 Å². The number of amides is 1. The molecule has 0 bridgehead atoms. The van der Waals surface area contributed by atoms with Crippen LogP contribution in [0.5, 0.6) is 0 Å². The summed E-state index contributed by atoms with van der Waals surface area (Å²) in [4.78, 5) is 14.0. The molecule has 4 heteroatoms. The largest absolute Gasteiger partial charge is 0.467 e. The van der Waals surface area contributed by atoms with E-state index in [1.807, 2.05) is 24.0 Å². The Balaban J connectivity index is 1.91. The first-order valence-electron chi connectivity index (χ1n) is 6.10. The Hall–Kier alpha value is -0.900. The Kier molecular flexibility index (Phi) is 3.82. The highest BCUT2D eigenvalue weighted by molar-refractivity contribution is 7.80. The molecule has 1 aromatic heterocycles. The van der Waals surface area contributed by atoms with Gasteiger partial charge in [0, 0.05) is 13.0 Å². The average Bonchev–Trinajstić information content (AvgIpc) is 2.91. The van der Waals surface area contributed by atoms with Gasteiger partial charge in [0.15, 0.2) is 0 Å². The molecule has 0 spiro atoms. The van der Waals surface area contributed by atoms with E-state index in [9.17, 15) is 4.79 Å². The molecule has 0 N–H and O–H groups in total. The number of hydrogen-bond acceptors (Lipinski definition) is 3. The van der Waals surface area contributed by atoms with Crippen molar-refractivity contribution >= 4 is 18.5 Å². The summed E-state index contributed by atoms with van der Waals surface area (Å²) < 4.78 is 5.28. The van der Waals surface area contributed by atoms with Crippen molar-refractivity contribution in [3.63, 3.8) is 0 Å². The molecule has 0 radical (unpaired) electrons. The van der Waals surface area contributed by atoms with Crippen molar-refractivity contribution in [3.05, 3.63) is 24.2 Å². The fourth-order valence-electron chi connectivity index (χ4n) is 1.97. The van der Waals surface area contributed by atoms with Crippen LogP contribution in [0.4, 0.5) is 0 Å². The van der Waals surface area contributed by atoms with Gasteiger partial charge in [-0.25, -0.2) is 0 Å². The van der Waals surface area contributed by atoms with Crippen LogP contribution in [0.3, 0.4) is 0 Å². The number of hydrogen-bond donors (Lipinski definition) is 1. The molecule has 17 heavy (non-hydrogen) atoms. The van der Waals surface area contributed by atoms with Crippen LogP contribution in [0.1, 0.15) is 31.9 Å². The van der Waals surface area contributed by atoms with Crippen LogP contribution in [0.2, 0.25) is 0 Å². The average molecular weight is 253 g/mol. The Morgan fingerprint density at radius 3 is 2.82 bits per heavy atom. The Morgan fingerprint density at radius 1 is 1.59 bits per heavy atom. The standard InChI is InChI=1S/C13H19NO2S/c1-2-14(9-11-4-3-7-16-11)12(15)8-13(10-17)5-6-13/h3-4,7,17H,2,5-6,8-10H2,1H3. The van der Waals surface area contributed by atoms with Gasteiger partial charge >= 0.3 is 0 Å². The quantitative estimate of drug-likeness (QED) is 0.791. The lowest BCUT2D eigenvalue weighted by molar-refractivity contribution is -0.133. The molecule has 1 aliphatic rings. The Labute approximate surface area is 108 Å². The van der Waals surface area contributed by atoms with Gasteiger partial charge in [0.25, 0.3) is 0 Å². The minimum absolute atomic E-state index is 0.191. The second-order valence-electron chi connectivity index (χ2n) is 4.82. The van der Waals surface area contributed by atoms with Crippen LogP contribution in [0, 0.1) is 5.41 Å². The molecular weight excluding hydrogens is 234 g/mol. The summed E-state index contributed by atoms with van der Waals surface area (Å²) in [5.41, 5.74) is 0.191. The van der Waals surface area contributed by atoms with E-state index >= 15 is 0 Å². The summed E-state index contributed by atoms with van der Waals surface area (Å²) in [6.07, 6.45) is 4.55. The molecule has 0 aliphatic heterocycles. The van der Waals surface area contributed by atoms with Gasteiger partial charge < -0.3 is 9.32 Å². The minimum atomic E-state index is 0.191. The first-order valence-corrected chi connectivity index (χ1v) is 6.73. The number of carbonyl (C=O) groups is 1. The van der Waals surface area contributed by atoms with E-state index in [4.69, 9.17) is 4.42 Å². The molecule has 1 aliphatic carbocycles. The van der Waals surface area contributed by atoms with Crippen LogP contribution in [-0.2, 0) is 11.3 Å². The summed E-state index contributed by atoms with van der Waals surface area (Å²) in [5, 5.41) is 0. The number of nitrogens with zero attached hydrogens (tertiary/aromatic N) is 1. The third-order valence-corrected chi connectivity index (χ3v) is 4.15. The summed E-state index contributed by atoms with van der Waals surface area (Å²) in [7, 11) is 0. The van der Waals surface area contributed by atoms with Crippen molar-refractivity contribution in [1.29, 1.82) is 0 Å². The van der Waals surface area contributed by atoms with Crippen molar-refractivity contribution in [2.75, 3.05) is 12.3 Å². The Morgan fingerprint density at radius 2 is 2.35 bits per heavy atom. The minimum Gasteiger partial charge on any atom is -0.467 e. The lowest BCUT2D eigenvalue weighted by Crippen LogP contribution is -2.32. The maximum atomic E-state index is 12.2. The molecule has 1 amide bonds. The number of carbonyl (C=O) groups excluding carboxylic acids is 1. The predicted octanol–water partition coefficient (Wildman–Crippen LogP) is 2.73. The summed E-state index contributed by atoms with van der Waals surface area (Å²) in [5.74, 6) is 1.88. The zero-order chi connectivity index (χ0) is 12.3. The molecule has 0 unspecified atom stereocenters. The predicted molar refractivity (Wildman–Crippen MR) is 69.9 cm³/mol. The van der Waals surface area contributed by atoms with E-state index in [-0.39, 0.29) is 11.3 Å². The van der Waals surface area contributed by atoms with Crippen LogP contribution in [-0.4, -0.2) is 23.1 Å². The lowest BCUT2D eigenvalue weighted by atomic mass is 10.0. The molecule has 1 aromatic rings. The van der Waals surface area contributed by atoms with Gasteiger partial charge in [-0.3, -0.25) is 4.79 Å². The van der Waals surface area contributed by atoms with Gasteiger partial charge in [-0.15, -0.1) is 0 Å². The van der Waals surface area contributed by atoms with E-state index in [2.05, 4.69) is 12.6 Å². The van der Waals surface area contributed by atoms with Crippen LogP contribution < -0.4 is 0 Å². The molecule has 1 saturated carbocycles. The fourth-order valence-corrected chi connectivity index (χ4v) is 2.40. The molecule has 0 atom stereocenters. The molecule has 0 saturated heterocycles. The normalized spacial score (nSPS) is 16.8. The lowest BCUT2D eigenvalue weighted by Gasteiger charge is -2.22. The van der Waals surface area contributed by atoms with Gasteiger partial charge in [0.05, 0.1) is 12.8 Å². The Bertz CT molecular complexity index is 371. The van der Waals surface area contributed by atoms with E-state index in [0.29, 0.717) is 13.0 Å². The van der Waals surface area contributed by atoms with Crippen molar-refractivity contribution in [3.8, 4) is 0 Å². The highest BCUT2D eigenvalue weighted by Gasteiger charge is 2.43. The molecule has 1 fully saturated rings. The van der Waals surface area contributed by atoms with Gasteiger partial charge in [0.2, 0.25) is 5.91 Å². The van der Waals surface area contributed by atoms with Gasteiger partial charge in [-0.05, 0) is 43.1 Å². The van der Waals surface area contributed by atoms with E-state index < -0.39 is 0 Å². The summed E-state index contributed by atoms with van der Waals surface area (Å²) >= 11 is 4.34. The number of rotatable bonds is 6. The fraction of sp³-hybridized carbons (Fsp3) is 0.615. The molecule has 2 rings (SSSR count). The maximum Gasteiger partial charge on any atom is 0.223 e. The summed E-state index contributed by atoms with van der Waals surface area (Å²) in [6.45, 7) is 3.30. The first-order chi connectivity index (χ1) is 8.19. The second kappa shape index (κ2) is 5.17. The molecule has 3 nitrogen and oxygen atoms in total. The van der Waals surface area contributed by atoms with Crippen molar-refractivity contribution in [2.24, 2.45) is 5.41 Å². The second-order valence-corrected chi connectivity index (χ2v) is 5.14. The highest BCUT2D eigenvalue weighted by Crippen LogP contribution is 2.49. The van der Waals surface area contributed by atoms with Crippen molar-refractivity contribution < 1.29 is 9.21 Å². The van der Waals surface area contributed by atoms with Crippen LogP contribution in [0.15, 0.2) is 22.8 Å². The third-order valence-electron chi connectivity index (χ3n) is 3.48. The topological polar surface area (TPSA) is 33.5 Å². The van der Waals surface area contributed by atoms with Crippen LogP contribution in [0.25, 0.3) is 0 Å². The molecule has 1 heterocycles. The maximum absolute atomic E-state index is 12.2. The van der Waals surface area contributed by atoms with E-state index in [1.54, 1.807) is 6.26 Å². The van der Waals surface area contributed by atoms with Crippen molar-refractivity contribution in [1.82, 2.24) is 4.90 Å². The smallest absolute Gasteiger partial charge is 0.223 e. The first kappa shape index (κ1) is 12.6. The highest BCUT2D eigenvalue weighted by atomic mass is 32.1. The van der Waals surface area contributed by atoms with Crippen molar-refractivity contribution in [2.45, 2.75) is 32.7 Å². The van der Waals surface area contributed by atoms with E-state index in [1.165, 1.54) is 0 Å². The molecule has 0 aromatic carbocycles. The molecule has 94 valence electrons. The third kappa shape index (κ3) is 3.06.